The van der Waals surface area contributed by atoms with Crippen LogP contribution in [0.5, 0.6) is 0 Å². The molecule has 5 aromatic carbocycles. The summed E-state index contributed by atoms with van der Waals surface area (Å²) in [5, 5.41) is 21.5. The van der Waals surface area contributed by atoms with E-state index < -0.39 is 18.1 Å². The first-order valence-corrected chi connectivity index (χ1v) is 13.1. The van der Waals surface area contributed by atoms with E-state index in [1.165, 1.54) is 0 Å². The zero-order valence-corrected chi connectivity index (χ0v) is 24.9. The molecule has 0 aliphatic rings. The Kier molecular flexibility index (Phi) is 6.08. The Morgan fingerprint density at radius 1 is 0.548 bits per heavy atom. The van der Waals surface area contributed by atoms with Crippen LogP contribution in [0.1, 0.15) is 18.2 Å². The van der Waals surface area contributed by atoms with E-state index in [9.17, 15) is 0 Å². The molecule has 2 heterocycles. The van der Waals surface area contributed by atoms with E-state index in [1.807, 2.05) is 86.6 Å². The summed E-state index contributed by atoms with van der Waals surface area (Å²) < 4.78 is 42.8. The number of nitrogens with zero attached hydrogens (tertiary/aromatic N) is 5. The van der Waals surface area contributed by atoms with Gasteiger partial charge in [0.2, 0.25) is 0 Å². The van der Waals surface area contributed by atoms with Crippen molar-refractivity contribution >= 4 is 38.6 Å². The first-order chi connectivity index (χ1) is 22.2. The van der Waals surface area contributed by atoms with Crippen molar-refractivity contribution in [1.82, 2.24) is 20.4 Å². The first kappa shape index (κ1) is 21.9. The van der Waals surface area contributed by atoms with E-state index in [0.29, 0.717) is 33.9 Å². The molecule has 7 rings (SSSR count). The summed E-state index contributed by atoms with van der Waals surface area (Å²) >= 11 is 0. The van der Waals surface area contributed by atoms with Gasteiger partial charge < -0.3 is 4.90 Å². The van der Waals surface area contributed by atoms with Crippen LogP contribution in [0.4, 0.5) is 17.1 Å². The maximum absolute atomic E-state index is 8.88. The molecular weight excluding hydrogens is 698 g/mol. The number of aryl methyl sites for hydroxylation is 2. The van der Waals surface area contributed by atoms with E-state index in [4.69, 9.17) is 6.85 Å². The predicted octanol–water partition coefficient (Wildman–Crippen LogP) is 8.59. The molecule has 7 aromatic rings. The van der Waals surface area contributed by atoms with Crippen molar-refractivity contribution in [2.75, 3.05) is 4.90 Å². The van der Waals surface area contributed by atoms with Crippen molar-refractivity contribution in [3.8, 4) is 22.5 Å². The van der Waals surface area contributed by atoms with E-state index in [-0.39, 0.29) is 38.8 Å². The molecule has 42 heavy (non-hydrogen) atoms. The molecule has 0 bridgehead atoms. The summed E-state index contributed by atoms with van der Waals surface area (Å²) in [5.74, 6) is 0. The molecule has 0 saturated carbocycles. The van der Waals surface area contributed by atoms with Gasteiger partial charge in [-0.25, -0.2) is 10.2 Å². The summed E-state index contributed by atoms with van der Waals surface area (Å²) in [6.45, 7) is 3.81. The van der Waals surface area contributed by atoms with E-state index in [2.05, 4.69) is 32.5 Å². The number of benzene rings is 5. The molecule has 5 nitrogen and oxygen atoms in total. The number of aromatic nitrogens is 4. The van der Waals surface area contributed by atoms with Crippen molar-refractivity contribution in [2.45, 2.75) is 13.8 Å². The van der Waals surface area contributed by atoms with Crippen LogP contribution in [-0.4, -0.2) is 20.4 Å². The third-order valence-corrected chi connectivity index (χ3v) is 7.01. The standard InChI is InChI=1S/C36H25N5.Pt/c1-24-31-18-6-8-20-33(31)35(39-37-24)26-12-10-16-29(22-26)41(28-14-4-3-5-15-28)30-17-11-13-27(23-30)36-34-21-9-7-19-32(34)25(2)38-40-36;/h3-21H,1-2H3;/q-2;+2/i3D,4D,5D,14D,15D;. The third kappa shape index (κ3) is 4.97. The second-order valence-corrected chi connectivity index (χ2v) is 9.57. The van der Waals surface area contributed by atoms with Gasteiger partial charge >= 0.3 is 21.1 Å². The van der Waals surface area contributed by atoms with Crippen LogP contribution in [0.25, 0.3) is 44.1 Å². The van der Waals surface area contributed by atoms with Gasteiger partial charge in [-0.3, -0.25) is 0 Å². The Balaban J connectivity index is 0.00000386. The molecular formula is C36H25N5Pt. The predicted molar refractivity (Wildman–Crippen MR) is 165 cm³/mol. The second-order valence-electron chi connectivity index (χ2n) is 9.57. The van der Waals surface area contributed by atoms with Crippen molar-refractivity contribution in [3.05, 3.63) is 139 Å². The van der Waals surface area contributed by atoms with Gasteiger partial charge in [-0.15, -0.1) is 59.7 Å². The number of hydrogen-bond donors (Lipinski definition) is 0. The number of para-hydroxylation sites is 1. The van der Waals surface area contributed by atoms with E-state index in [0.717, 1.165) is 32.9 Å². The Hall–Kier alpha value is -4.73. The fourth-order valence-electron chi connectivity index (χ4n) is 5.05. The van der Waals surface area contributed by atoms with Crippen molar-refractivity contribution in [3.63, 3.8) is 0 Å². The van der Waals surface area contributed by atoms with Gasteiger partial charge in [0.1, 0.15) is 0 Å². The summed E-state index contributed by atoms with van der Waals surface area (Å²) in [4.78, 5) is 1.58. The van der Waals surface area contributed by atoms with Crippen molar-refractivity contribution < 1.29 is 27.9 Å². The first-order valence-electron chi connectivity index (χ1n) is 15.6. The van der Waals surface area contributed by atoms with Gasteiger partial charge in [0.05, 0.1) is 18.2 Å². The van der Waals surface area contributed by atoms with Crippen LogP contribution >= 0.6 is 0 Å². The monoisotopic (exact) mass is 727 g/mol. The number of hydrogen-bond acceptors (Lipinski definition) is 5. The molecule has 0 aliphatic heterocycles. The molecule has 0 spiro atoms. The Morgan fingerprint density at radius 2 is 1.00 bits per heavy atom. The molecule has 204 valence electrons. The smallest absolute Gasteiger partial charge is 0.346 e. The summed E-state index contributed by atoms with van der Waals surface area (Å²) in [6, 6.07) is 31.4. The van der Waals surface area contributed by atoms with Gasteiger partial charge in [0, 0.05) is 17.1 Å². The van der Waals surface area contributed by atoms with Crippen molar-refractivity contribution in [1.29, 1.82) is 0 Å². The Labute approximate surface area is 266 Å². The molecule has 6 heteroatoms. The number of fused-ring (bicyclic) bond motifs is 2. The molecule has 2 aromatic heterocycles. The molecule has 0 radical (unpaired) electrons. The summed E-state index contributed by atoms with van der Waals surface area (Å²) in [7, 11) is 0. The van der Waals surface area contributed by atoms with Gasteiger partial charge in [0.15, 0.2) is 0 Å². The molecule has 0 amide bonds. The maximum atomic E-state index is 8.88. The number of anilines is 3. The number of rotatable bonds is 5. The molecule has 0 saturated heterocycles. The average molecular weight is 728 g/mol. The summed E-state index contributed by atoms with van der Waals surface area (Å²) in [6.07, 6.45) is 0. The van der Waals surface area contributed by atoms with Crippen LogP contribution < -0.4 is 4.90 Å². The summed E-state index contributed by atoms with van der Waals surface area (Å²) in [5.41, 5.74) is 4.91. The minimum Gasteiger partial charge on any atom is -0.346 e. The minimum atomic E-state index is -0.475. The van der Waals surface area contributed by atoms with Crippen LogP contribution in [-0.2, 0) is 21.1 Å². The van der Waals surface area contributed by atoms with E-state index in [1.54, 1.807) is 17.0 Å². The van der Waals surface area contributed by atoms with Crippen LogP contribution in [0.15, 0.2) is 115 Å². The largest absolute Gasteiger partial charge is 2.00 e. The Morgan fingerprint density at radius 3 is 1.48 bits per heavy atom. The quantitative estimate of drug-likeness (QED) is 0.166. The van der Waals surface area contributed by atoms with Crippen LogP contribution in [0, 0.1) is 26.0 Å². The fourth-order valence-corrected chi connectivity index (χ4v) is 5.05. The van der Waals surface area contributed by atoms with Gasteiger partial charge in [-0.2, -0.15) is 10.2 Å². The Bertz CT molecular complexity index is 2170. The zero-order chi connectivity index (χ0) is 32.1. The van der Waals surface area contributed by atoms with Gasteiger partial charge in [-0.1, -0.05) is 66.7 Å². The zero-order valence-electron chi connectivity index (χ0n) is 27.6. The SMILES string of the molecule is [2H]c1c([2H])c([2H])c(N(c2[c-]c(-c3nnc(C)c4ccccc34)ccc2)c2[c-]c(-c3nnc(C)c4ccccc34)ccc2)c([2H])c1[2H].[Pt+2]. The average Bonchev–Trinajstić information content (AvgIpc) is 3.09. The van der Waals surface area contributed by atoms with Crippen molar-refractivity contribution in [2.24, 2.45) is 0 Å². The molecule has 0 fully saturated rings. The second kappa shape index (κ2) is 11.6. The van der Waals surface area contributed by atoms with Crippen LogP contribution in [0.2, 0.25) is 0 Å². The molecule has 0 unspecified atom stereocenters. The molecule has 0 atom stereocenters. The van der Waals surface area contributed by atoms with Crippen LogP contribution in [0.3, 0.4) is 0 Å². The maximum Gasteiger partial charge on any atom is 2.00 e. The van der Waals surface area contributed by atoms with Gasteiger partial charge in [-0.05, 0) is 58.9 Å². The van der Waals surface area contributed by atoms with Gasteiger partial charge in [0.25, 0.3) is 0 Å². The molecule has 0 aliphatic carbocycles. The minimum absolute atomic E-state index is 0. The topological polar surface area (TPSA) is 54.8 Å². The van der Waals surface area contributed by atoms with E-state index >= 15 is 0 Å². The normalized spacial score (nSPS) is 12.6. The third-order valence-electron chi connectivity index (χ3n) is 7.01. The molecule has 0 N–H and O–H groups in total. The fraction of sp³-hybridized carbons (Fsp3) is 0.0556.